The molecule has 1 rings (SSSR count). The van der Waals surface area contributed by atoms with E-state index in [0.717, 1.165) is 5.56 Å². The predicted molar refractivity (Wildman–Crippen MR) is 49.9 cm³/mol. The first-order valence-electron chi connectivity index (χ1n) is 3.60. The third kappa shape index (κ3) is 1.84. The maximum atomic E-state index is 11.0. The van der Waals surface area contributed by atoms with E-state index in [1.807, 2.05) is 35.8 Å². The van der Waals surface area contributed by atoms with Crippen LogP contribution in [-0.4, -0.2) is 24.9 Å². The third-order valence-electron chi connectivity index (χ3n) is 1.64. The van der Waals surface area contributed by atoms with Crippen molar-refractivity contribution in [1.82, 2.24) is 4.90 Å². The van der Waals surface area contributed by atoms with Crippen LogP contribution in [0, 0.1) is 0 Å². The second-order valence-corrected chi connectivity index (χ2v) is 3.61. The zero-order chi connectivity index (χ0) is 9.14. The van der Waals surface area contributed by atoms with Gasteiger partial charge in [0.15, 0.2) is 0 Å². The Labute approximate surface area is 75.8 Å². The lowest BCUT2D eigenvalue weighted by atomic mass is 10.1. The summed E-state index contributed by atoms with van der Waals surface area (Å²) in [6, 6.07) is 1.62. The maximum Gasteiger partial charge on any atom is 0.239 e. The molecule has 1 aromatic rings. The number of primary amides is 1. The molecule has 66 valence electrons. The van der Waals surface area contributed by atoms with E-state index in [1.54, 1.807) is 11.3 Å². The van der Waals surface area contributed by atoms with Crippen LogP contribution >= 0.6 is 11.3 Å². The van der Waals surface area contributed by atoms with E-state index >= 15 is 0 Å². The van der Waals surface area contributed by atoms with Crippen LogP contribution in [0.25, 0.3) is 0 Å². The topological polar surface area (TPSA) is 46.3 Å². The van der Waals surface area contributed by atoms with Crippen LogP contribution in [0.5, 0.6) is 0 Å². The average Bonchev–Trinajstić information content (AvgIpc) is 2.37. The largest absolute Gasteiger partial charge is 0.368 e. The number of thiophene rings is 1. The zero-order valence-electron chi connectivity index (χ0n) is 7.15. The lowest BCUT2D eigenvalue weighted by Gasteiger charge is -2.19. The maximum absolute atomic E-state index is 11.0. The first-order chi connectivity index (χ1) is 5.63. The molecule has 4 heteroatoms. The summed E-state index contributed by atoms with van der Waals surface area (Å²) in [6.45, 7) is 0. The molecule has 0 fully saturated rings. The van der Waals surface area contributed by atoms with Crippen molar-refractivity contribution in [3.63, 3.8) is 0 Å². The normalized spacial score (nSPS) is 13.2. The smallest absolute Gasteiger partial charge is 0.239 e. The fourth-order valence-electron chi connectivity index (χ4n) is 1.15. The van der Waals surface area contributed by atoms with Crippen molar-refractivity contribution in [3.05, 3.63) is 22.4 Å². The predicted octanol–water partition coefficient (Wildman–Crippen LogP) is 0.836. The highest BCUT2D eigenvalue weighted by atomic mass is 32.1. The van der Waals surface area contributed by atoms with Gasteiger partial charge in [0.1, 0.15) is 6.04 Å². The van der Waals surface area contributed by atoms with Crippen LogP contribution in [0.4, 0.5) is 0 Å². The minimum absolute atomic E-state index is 0.295. The Balaban J connectivity index is 2.88. The van der Waals surface area contributed by atoms with E-state index in [0.29, 0.717) is 0 Å². The van der Waals surface area contributed by atoms with Gasteiger partial charge in [-0.05, 0) is 36.5 Å². The van der Waals surface area contributed by atoms with Gasteiger partial charge in [-0.2, -0.15) is 11.3 Å². The monoisotopic (exact) mass is 184 g/mol. The Morgan fingerprint density at radius 1 is 1.67 bits per heavy atom. The van der Waals surface area contributed by atoms with Crippen molar-refractivity contribution in [1.29, 1.82) is 0 Å². The molecular weight excluding hydrogens is 172 g/mol. The fourth-order valence-corrected chi connectivity index (χ4v) is 1.83. The van der Waals surface area contributed by atoms with Gasteiger partial charge < -0.3 is 5.73 Å². The molecule has 12 heavy (non-hydrogen) atoms. The second-order valence-electron chi connectivity index (χ2n) is 2.83. The molecule has 1 atom stereocenters. The highest BCUT2D eigenvalue weighted by molar-refractivity contribution is 7.08. The molecular formula is C8H12N2OS. The summed E-state index contributed by atoms with van der Waals surface area (Å²) in [6.07, 6.45) is 0. The van der Waals surface area contributed by atoms with Crippen LogP contribution in [0.3, 0.4) is 0 Å². The molecule has 0 saturated heterocycles. The van der Waals surface area contributed by atoms with Crippen molar-refractivity contribution in [3.8, 4) is 0 Å². The standard InChI is InChI=1S/C8H12N2OS/c1-10(2)7(8(9)11)6-3-4-12-5-6/h3-5,7H,1-2H3,(H2,9,11). The third-order valence-corrected chi connectivity index (χ3v) is 2.35. The van der Waals surface area contributed by atoms with Gasteiger partial charge in [0.05, 0.1) is 0 Å². The van der Waals surface area contributed by atoms with E-state index < -0.39 is 0 Å². The molecule has 1 aromatic heterocycles. The molecule has 0 aliphatic carbocycles. The van der Waals surface area contributed by atoms with Crippen LogP contribution in [-0.2, 0) is 4.79 Å². The molecule has 1 heterocycles. The Hall–Kier alpha value is -0.870. The Morgan fingerprint density at radius 3 is 2.67 bits per heavy atom. The van der Waals surface area contributed by atoms with Gasteiger partial charge in [0.2, 0.25) is 5.91 Å². The van der Waals surface area contributed by atoms with E-state index in [-0.39, 0.29) is 11.9 Å². The average molecular weight is 184 g/mol. The molecule has 0 saturated carbocycles. The van der Waals surface area contributed by atoms with Crippen molar-refractivity contribution < 1.29 is 4.79 Å². The lowest BCUT2D eigenvalue weighted by Crippen LogP contribution is -2.32. The van der Waals surface area contributed by atoms with E-state index in [2.05, 4.69) is 0 Å². The highest BCUT2D eigenvalue weighted by Crippen LogP contribution is 2.19. The van der Waals surface area contributed by atoms with E-state index in [9.17, 15) is 4.79 Å². The summed E-state index contributed by atoms with van der Waals surface area (Å²) >= 11 is 1.57. The summed E-state index contributed by atoms with van der Waals surface area (Å²) in [5.41, 5.74) is 6.22. The Kier molecular flexibility index (Phi) is 2.83. The van der Waals surface area contributed by atoms with Gasteiger partial charge >= 0.3 is 0 Å². The van der Waals surface area contributed by atoms with Gasteiger partial charge in [-0.15, -0.1) is 0 Å². The molecule has 0 radical (unpaired) electrons. The van der Waals surface area contributed by atoms with Crippen LogP contribution in [0.15, 0.2) is 16.8 Å². The molecule has 0 spiro atoms. The SMILES string of the molecule is CN(C)C(C(N)=O)c1ccsc1. The first-order valence-corrected chi connectivity index (χ1v) is 4.55. The van der Waals surface area contributed by atoms with Gasteiger partial charge in [-0.25, -0.2) is 0 Å². The molecule has 0 aliphatic heterocycles. The van der Waals surface area contributed by atoms with Gasteiger partial charge in [-0.3, -0.25) is 9.69 Å². The number of hydrogen-bond donors (Lipinski definition) is 1. The summed E-state index contributed by atoms with van der Waals surface area (Å²) in [5.74, 6) is -0.307. The number of carbonyl (C=O) groups is 1. The number of carbonyl (C=O) groups excluding carboxylic acids is 1. The number of nitrogens with two attached hydrogens (primary N) is 1. The van der Waals surface area contributed by atoms with Crippen LogP contribution in [0.2, 0.25) is 0 Å². The van der Waals surface area contributed by atoms with Crippen molar-refractivity contribution in [2.75, 3.05) is 14.1 Å². The molecule has 0 bridgehead atoms. The Morgan fingerprint density at radius 2 is 2.33 bits per heavy atom. The summed E-state index contributed by atoms with van der Waals surface area (Å²) in [5, 5.41) is 3.88. The molecule has 0 aromatic carbocycles. The van der Waals surface area contributed by atoms with Gasteiger partial charge in [0.25, 0.3) is 0 Å². The van der Waals surface area contributed by atoms with Gasteiger partial charge in [0, 0.05) is 0 Å². The number of nitrogens with zero attached hydrogens (tertiary/aromatic N) is 1. The summed E-state index contributed by atoms with van der Waals surface area (Å²) in [4.78, 5) is 12.8. The highest BCUT2D eigenvalue weighted by Gasteiger charge is 2.19. The number of hydrogen-bond acceptors (Lipinski definition) is 3. The summed E-state index contributed by atoms with van der Waals surface area (Å²) in [7, 11) is 3.68. The van der Waals surface area contributed by atoms with E-state index in [1.165, 1.54) is 0 Å². The quantitative estimate of drug-likeness (QED) is 0.756. The Bertz CT molecular complexity index is 256. The zero-order valence-corrected chi connectivity index (χ0v) is 7.97. The fraction of sp³-hybridized carbons (Fsp3) is 0.375. The number of likely N-dealkylation sites (N-methyl/N-ethyl adjacent to an activating group) is 1. The molecule has 3 nitrogen and oxygen atoms in total. The first kappa shape index (κ1) is 9.22. The van der Waals surface area contributed by atoms with Crippen molar-refractivity contribution >= 4 is 17.2 Å². The molecule has 0 aliphatic rings. The molecule has 1 amide bonds. The van der Waals surface area contributed by atoms with Crippen molar-refractivity contribution in [2.45, 2.75) is 6.04 Å². The number of rotatable bonds is 3. The second kappa shape index (κ2) is 3.69. The van der Waals surface area contributed by atoms with Crippen molar-refractivity contribution in [2.24, 2.45) is 5.73 Å². The summed E-state index contributed by atoms with van der Waals surface area (Å²) < 4.78 is 0. The number of amides is 1. The lowest BCUT2D eigenvalue weighted by molar-refractivity contribution is -0.122. The minimum Gasteiger partial charge on any atom is -0.368 e. The molecule has 2 N–H and O–H groups in total. The minimum atomic E-state index is -0.307. The van der Waals surface area contributed by atoms with Crippen LogP contribution in [0.1, 0.15) is 11.6 Å². The van der Waals surface area contributed by atoms with E-state index in [4.69, 9.17) is 5.73 Å². The van der Waals surface area contributed by atoms with Gasteiger partial charge in [-0.1, -0.05) is 0 Å². The molecule has 1 unspecified atom stereocenters. The van der Waals surface area contributed by atoms with Crippen LogP contribution < -0.4 is 5.73 Å².